The molecule has 0 aromatic heterocycles. The van der Waals surface area contributed by atoms with Crippen LogP contribution in [0.2, 0.25) is 0 Å². The van der Waals surface area contributed by atoms with Gasteiger partial charge in [0.05, 0.1) is 6.10 Å². The van der Waals surface area contributed by atoms with Crippen molar-refractivity contribution in [1.82, 2.24) is 5.32 Å². The van der Waals surface area contributed by atoms with Crippen LogP contribution in [-0.4, -0.2) is 19.2 Å². The highest BCUT2D eigenvalue weighted by Crippen LogP contribution is 2.27. The first-order valence-electron chi connectivity index (χ1n) is 6.29. The molecule has 1 N–H and O–H groups in total. The number of benzene rings is 1. The van der Waals surface area contributed by atoms with Gasteiger partial charge in [0, 0.05) is 10.0 Å². The first-order valence-corrected chi connectivity index (χ1v) is 7.08. The highest BCUT2D eigenvalue weighted by atomic mass is 79.9. The fourth-order valence-electron chi connectivity index (χ4n) is 2.37. The summed E-state index contributed by atoms with van der Waals surface area (Å²) in [6, 6.07) is 6.12. The van der Waals surface area contributed by atoms with Gasteiger partial charge in [-0.3, -0.25) is 0 Å². The summed E-state index contributed by atoms with van der Waals surface area (Å²) < 4.78 is 7.15. The van der Waals surface area contributed by atoms with E-state index in [0.717, 1.165) is 35.7 Å². The van der Waals surface area contributed by atoms with E-state index < -0.39 is 0 Å². The van der Waals surface area contributed by atoms with Crippen molar-refractivity contribution < 1.29 is 4.74 Å². The Labute approximate surface area is 112 Å². The van der Waals surface area contributed by atoms with E-state index in [1.807, 2.05) is 18.2 Å². The van der Waals surface area contributed by atoms with Crippen molar-refractivity contribution in [2.45, 2.75) is 32.8 Å². The molecule has 1 heterocycles. The third kappa shape index (κ3) is 3.46. The van der Waals surface area contributed by atoms with Gasteiger partial charge in [0.15, 0.2) is 0 Å². The minimum absolute atomic E-state index is 0.285. The lowest BCUT2D eigenvalue weighted by Crippen LogP contribution is -2.19. The van der Waals surface area contributed by atoms with Gasteiger partial charge >= 0.3 is 0 Å². The lowest BCUT2D eigenvalue weighted by atomic mass is 10.0. The summed E-state index contributed by atoms with van der Waals surface area (Å²) in [5.74, 6) is 1.77. The Morgan fingerprint density at radius 1 is 1.53 bits per heavy atom. The average molecular weight is 298 g/mol. The second-order valence-corrected chi connectivity index (χ2v) is 5.74. The average Bonchev–Trinajstić information content (AvgIpc) is 2.77. The third-order valence-electron chi connectivity index (χ3n) is 3.37. The fraction of sp³-hybridized carbons (Fsp3) is 0.571. The van der Waals surface area contributed by atoms with Crippen molar-refractivity contribution >= 4 is 15.9 Å². The molecule has 1 saturated heterocycles. The maximum Gasteiger partial charge on any atom is 0.123 e. The molecule has 0 spiro atoms. The summed E-state index contributed by atoms with van der Waals surface area (Å²) >= 11 is 3.53. The summed E-state index contributed by atoms with van der Waals surface area (Å²) in [5.41, 5.74) is 1.18. The van der Waals surface area contributed by atoms with Crippen LogP contribution in [0.5, 0.6) is 5.75 Å². The van der Waals surface area contributed by atoms with Gasteiger partial charge < -0.3 is 10.1 Å². The highest BCUT2D eigenvalue weighted by molar-refractivity contribution is 9.10. The Morgan fingerprint density at radius 3 is 3.06 bits per heavy atom. The summed E-state index contributed by atoms with van der Waals surface area (Å²) in [4.78, 5) is 0. The summed E-state index contributed by atoms with van der Waals surface area (Å²) in [6.07, 6.45) is 2.71. The van der Waals surface area contributed by atoms with Crippen LogP contribution in [0.15, 0.2) is 22.7 Å². The number of halogens is 1. The van der Waals surface area contributed by atoms with E-state index in [9.17, 15) is 0 Å². The lowest BCUT2D eigenvalue weighted by Gasteiger charge is -2.19. The Morgan fingerprint density at radius 2 is 2.35 bits per heavy atom. The van der Waals surface area contributed by atoms with Crippen LogP contribution in [0.1, 0.15) is 25.3 Å². The molecule has 0 bridgehead atoms. The summed E-state index contributed by atoms with van der Waals surface area (Å²) in [5, 5.41) is 3.40. The maximum atomic E-state index is 6.03. The molecule has 0 amide bonds. The van der Waals surface area contributed by atoms with Crippen LogP contribution >= 0.6 is 15.9 Å². The van der Waals surface area contributed by atoms with Crippen LogP contribution in [0.4, 0.5) is 0 Å². The van der Waals surface area contributed by atoms with Gasteiger partial charge in [0.25, 0.3) is 0 Å². The first-order chi connectivity index (χ1) is 8.16. The number of hydrogen-bond acceptors (Lipinski definition) is 2. The smallest absolute Gasteiger partial charge is 0.123 e. The SMILES string of the molecule is Cc1c(Br)cccc1OC(C)C[C@H]1CCNC1. The van der Waals surface area contributed by atoms with Crippen molar-refractivity contribution in [3.8, 4) is 5.75 Å². The van der Waals surface area contributed by atoms with E-state index in [1.165, 1.54) is 12.0 Å². The molecule has 2 atom stereocenters. The van der Waals surface area contributed by atoms with Crippen molar-refractivity contribution in [3.05, 3.63) is 28.2 Å². The van der Waals surface area contributed by atoms with Crippen LogP contribution in [0.25, 0.3) is 0 Å². The molecular formula is C14H20BrNO. The van der Waals surface area contributed by atoms with Gasteiger partial charge in [-0.1, -0.05) is 22.0 Å². The minimum Gasteiger partial charge on any atom is -0.490 e. The molecule has 1 aliphatic rings. The standard InChI is InChI=1S/C14H20BrNO/c1-10(8-12-6-7-16-9-12)17-14-5-3-4-13(15)11(14)2/h3-5,10,12,16H,6-9H2,1-2H3/t10?,12-/m1/s1. The van der Waals surface area contributed by atoms with E-state index in [-0.39, 0.29) is 6.10 Å². The Kier molecular flexibility index (Phi) is 4.46. The Bertz CT molecular complexity index is 374. The molecule has 1 aromatic rings. The fourth-order valence-corrected chi connectivity index (χ4v) is 2.71. The largest absolute Gasteiger partial charge is 0.490 e. The quantitative estimate of drug-likeness (QED) is 0.918. The van der Waals surface area contributed by atoms with E-state index in [2.05, 4.69) is 35.1 Å². The van der Waals surface area contributed by atoms with Crippen LogP contribution < -0.4 is 10.1 Å². The molecule has 1 aromatic carbocycles. The summed E-state index contributed by atoms with van der Waals surface area (Å²) in [6.45, 7) is 6.56. The normalized spacial score (nSPS) is 21.5. The monoisotopic (exact) mass is 297 g/mol. The van der Waals surface area contributed by atoms with Crippen LogP contribution in [0, 0.1) is 12.8 Å². The van der Waals surface area contributed by atoms with E-state index in [4.69, 9.17) is 4.74 Å². The number of hydrogen-bond donors (Lipinski definition) is 1. The van der Waals surface area contributed by atoms with Gasteiger partial charge in [-0.15, -0.1) is 0 Å². The van der Waals surface area contributed by atoms with Crippen molar-refractivity contribution in [1.29, 1.82) is 0 Å². The molecule has 0 aliphatic carbocycles. The van der Waals surface area contributed by atoms with E-state index in [0.29, 0.717) is 0 Å². The molecule has 17 heavy (non-hydrogen) atoms. The third-order valence-corrected chi connectivity index (χ3v) is 4.23. The number of ether oxygens (including phenoxy) is 1. The Balaban J connectivity index is 1.93. The van der Waals surface area contributed by atoms with Crippen LogP contribution in [-0.2, 0) is 0 Å². The van der Waals surface area contributed by atoms with Gasteiger partial charge in [0.2, 0.25) is 0 Å². The molecule has 1 aliphatic heterocycles. The van der Waals surface area contributed by atoms with Gasteiger partial charge in [-0.25, -0.2) is 0 Å². The second-order valence-electron chi connectivity index (χ2n) is 4.89. The van der Waals surface area contributed by atoms with Gasteiger partial charge in [-0.2, -0.15) is 0 Å². The molecule has 1 fully saturated rings. The van der Waals surface area contributed by atoms with Gasteiger partial charge in [-0.05, 0) is 57.8 Å². The zero-order valence-corrected chi connectivity index (χ0v) is 12.1. The zero-order valence-electron chi connectivity index (χ0n) is 10.5. The molecule has 1 unspecified atom stereocenters. The first kappa shape index (κ1) is 12.9. The van der Waals surface area contributed by atoms with Crippen molar-refractivity contribution in [2.75, 3.05) is 13.1 Å². The molecule has 94 valence electrons. The lowest BCUT2D eigenvalue weighted by molar-refractivity contribution is 0.188. The molecule has 2 nitrogen and oxygen atoms in total. The molecule has 3 heteroatoms. The number of rotatable bonds is 4. The number of nitrogens with one attached hydrogen (secondary N) is 1. The molecule has 0 radical (unpaired) electrons. The van der Waals surface area contributed by atoms with E-state index in [1.54, 1.807) is 0 Å². The maximum absolute atomic E-state index is 6.03. The Hall–Kier alpha value is -0.540. The van der Waals surface area contributed by atoms with Gasteiger partial charge in [0.1, 0.15) is 5.75 Å². The van der Waals surface area contributed by atoms with E-state index >= 15 is 0 Å². The topological polar surface area (TPSA) is 21.3 Å². The van der Waals surface area contributed by atoms with Crippen LogP contribution in [0.3, 0.4) is 0 Å². The second kappa shape index (κ2) is 5.87. The van der Waals surface area contributed by atoms with Crippen molar-refractivity contribution in [3.63, 3.8) is 0 Å². The molecule has 0 saturated carbocycles. The minimum atomic E-state index is 0.285. The predicted octanol–water partition coefficient (Wildman–Crippen LogP) is 3.52. The molecule has 2 rings (SSSR count). The van der Waals surface area contributed by atoms with Crippen molar-refractivity contribution in [2.24, 2.45) is 5.92 Å². The highest BCUT2D eigenvalue weighted by Gasteiger charge is 2.18. The molecular weight excluding hydrogens is 278 g/mol. The predicted molar refractivity (Wildman–Crippen MR) is 74.6 cm³/mol. The summed E-state index contributed by atoms with van der Waals surface area (Å²) in [7, 11) is 0. The zero-order chi connectivity index (χ0) is 12.3.